The molecule has 0 unspecified atom stereocenters. The molecule has 0 atom stereocenters. The van der Waals surface area contributed by atoms with Crippen molar-refractivity contribution in [1.29, 1.82) is 0 Å². The molecule has 0 saturated heterocycles. The predicted molar refractivity (Wildman–Crippen MR) is 70.9 cm³/mol. The summed E-state index contributed by atoms with van der Waals surface area (Å²) < 4.78 is 5.39. The van der Waals surface area contributed by atoms with Crippen LogP contribution < -0.4 is 4.74 Å². The van der Waals surface area contributed by atoms with E-state index in [1.54, 1.807) is 7.11 Å². The Hall–Kier alpha value is -0.770. The first-order valence-corrected chi connectivity index (χ1v) is 6.01. The van der Waals surface area contributed by atoms with Gasteiger partial charge in [0, 0.05) is 23.7 Å². The zero-order chi connectivity index (χ0) is 13.0. The topological polar surface area (TPSA) is 32.7 Å². The minimum Gasteiger partial charge on any atom is -0.496 e. The molecular weight excluding hydrogens is 238 g/mol. The molecule has 0 aliphatic rings. The van der Waals surface area contributed by atoms with E-state index >= 15 is 0 Å². The van der Waals surface area contributed by atoms with E-state index in [2.05, 4.69) is 0 Å². The molecule has 17 heavy (non-hydrogen) atoms. The number of hydrogen-bond donors (Lipinski definition) is 1. The van der Waals surface area contributed by atoms with Crippen molar-refractivity contribution >= 4 is 11.6 Å². The zero-order valence-electron chi connectivity index (χ0n) is 10.9. The average molecular weight is 258 g/mol. The molecule has 1 rings (SSSR count). The number of hydrogen-bond acceptors (Lipinski definition) is 3. The maximum absolute atomic E-state index is 8.91. The molecular formula is C13H20ClNO2. The zero-order valence-corrected chi connectivity index (χ0v) is 11.6. The highest BCUT2D eigenvalue weighted by atomic mass is 35.5. The molecule has 0 spiro atoms. The number of rotatable bonds is 5. The lowest BCUT2D eigenvalue weighted by Crippen LogP contribution is -2.22. The molecule has 1 aromatic carbocycles. The lowest BCUT2D eigenvalue weighted by Gasteiger charge is -2.20. The van der Waals surface area contributed by atoms with Crippen LogP contribution in [0.4, 0.5) is 0 Å². The Kier molecular flexibility index (Phi) is 5.25. The second kappa shape index (κ2) is 6.24. The number of nitrogens with zero attached hydrogens (tertiary/aromatic N) is 1. The summed E-state index contributed by atoms with van der Waals surface area (Å²) in [4.78, 5) is 2.04. The maximum Gasteiger partial charge on any atom is 0.123 e. The first kappa shape index (κ1) is 14.3. The van der Waals surface area contributed by atoms with Crippen molar-refractivity contribution in [2.45, 2.75) is 20.4 Å². The molecule has 0 saturated carbocycles. The minimum atomic E-state index is 0.150. The smallest absolute Gasteiger partial charge is 0.123 e. The van der Waals surface area contributed by atoms with Gasteiger partial charge in [-0.1, -0.05) is 11.6 Å². The van der Waals surface area contributed by atoms with Crippen molar-refractivity contribution in [3.05, 3.63) is 27.8 Å². The quantitative estimate of drug-likeness (QED) is 0.879. The highest BCUT2D eigenvalue weighted by Gasteiger charge is 2.14. The van der Waals surface area contributed by atoms with Gasteiger partial charge in [0.1, 0.15) is 5.75 Å². The standard InChI is InChI=1S/C13H20ClNO2/c1-9-7-12(17-4)11(10(2)13(9)14)8-15(3)5-6-16/h7,16H,5-6,8H2,1-4H3. The van der Waals surface area contributed by atoms with E-state index in [1.165, 1.54) is 0 Å². The summed E-state index contributed by atoms with van der Waals surface area (Å²) in [6.07, 6.45) is 0. The third kappa shape index (κ3) is 3.35. The molecule has 3 nitrogen and oxygen atoms in total. The Balaban J connectivity index is 3.08. The normalized spacial score (nSPS) is 11.0. The van der Waals surface area contributed by atoms with Crippen molar-refractivity contribution in [1.82, 2.24) is 4.90 Å². The number of aliphatic hydroxyl groups excluding tert-OH is 1. The number of halogens is 1. The van der Waals surface area contributed by atoms with E-state index in [1.807, 2.05) is 31.9 Å². The van der Waals surface area contributed by atoms with Crippen molar-refractivity contribution < 1.29 is 9.84 Å². The number of aryl methyl sites for hydroxylation is 1. The van der Waals surface area contributed by atoms with E-state index in [0.29, 0.717) is 6.54 Å². The third-order valence-corrected chi connectivity index (χ3v) is 3.48. The van der Waals surface area contributed by atoms with Crippen molar-refractivity contribution in [3.8, 4) is 5.75 Å². The predicted octanol–water partition coefficient (Wildman–Crippen LogP) is 2.39. The van der Waals surface area contributed by atoms with Crippen LogP contribution in [0.1, 0.15) is 16.7 Å². The molecule has 0 amide bonds. The van der Waals surface area contributed by atoms with Crippen LogP contribution in [0.15, 0.2) is 6.07 Å². The highest BCUT2D eigenvalue weighted by molar-refractivity contribution is 6.32. The molecule has 0 aromatic heterocycles. The molecule has 96 valence electrons. The van der Waals surface area contributed by atoms with Gasteiger partial charge >= 0.3 is 0 Å². The van der Waals surface area contributed by atoms with Crippen LogP contribution >= 0.6 is 11.6 Å². The molecule has 0 fully saturated rings. The molecule has 4 heteroatoms. The van der Waals surface area contributed by atoms with Crippen LogP contribution in [0.2, 0.25) is 5.02 Å². The second-order valence-corrected chi connectivity index (χ2v) is 4.65. The van der Waals surface area contributed by atoms with Crippen LogP contribution in [0.25, 0.3) is 0 Å². The van der Waals surface area contributed by atoms with E-state index in [9.17, 15) is 0 Å². The molecule has 0 heterocycles. The highest BCUT2D eigenvalue weighted by Crippen LogP contribution is 2.32. The molecule has 0 bridgehead atoms. The maximum atomic E-state index is 8.91. The van der Waals surface area contributed by atoms with Gasteiger partial charge in [-0.15, -0.1) is 0 Å². The van der Waals surface area contributed by atoms with Gasteiger partial charge in [0.15, 0.2) is 0 Å². The first-order chi connectivity index (χ1) is 8.01. The number of methoxy groups -OCH3 is 1. The van der Waals surface area contributed by atoms with Gasteiger partial charge in [-0.25, -0.2) is 0 Å². The molecule has 1 aromatic rings. The number of likely N-dealkylation sites (N-methyl/N-ethyl adjacent to an activating group) is 1. The monoisotopic (exact) mass is 257 g/mol. The average Bonchev–Trinajstić information content (AvgIpc) is 2.30. The van der Waals surface area contributed by atoms with E-state index in [0.717, 1.165) is 34.0 Å². The van der Waals surface area contributed by atoms with Gasteiger partial charge in [0.05, 0.1) is 13.7 Å². The van der Waals surface area contributed by atoms with Crippen LogP contribution in [-0.2, 0) is 6.54 Å². The van der Waals surface area contributed by atoms with Crippen LogP contribution in [0.5, 0.6) is 5.75 Å². The van der Waals surface area contributed by atoms with Crippen LogP contribution in [0.3, 0.4) is 0 Å². The van der Waals surface area contributed by atoms with Gasteiger partial charge in [-0.05, 0) is 38.1 Å². The van der Waals surface area contributed by atoms with Crippen LogP contribution in [0, 0.1) is 13.8 Å². The van der Waals surface area contributed by atoms with E-state index in [-0.39, 0.29) is 6.61 Å². The summed E-state index contributed by atoms with van der Waals surface area (Å²) in [7, 11) is 3.63. The Morgan fingerprint density at radius 2 is 2.06 bits per heavy atom. The summed E-state index contributed by atoms with van der Waals surface area (Å²) >= 11 is 6.25. The van der Waals surface area contributed by atoms with E-state index in [4.69, 9.17) is 21.4 Å². The Morgan fingerprint density at radius 1 is 1.41 bits per heavy atom. The van der Waals surface area contributed by atoms with Crippen molar-refractivity contribution in [2.24, 2.45) is 0 Å². The fraction of sp³-hybridized carbons (Fsp3) is 0.538. The fourth-order valence-corrected chi connectivity index (χ4v) is 2.03. The van der Waals surface area contributed by atoms with Gasteiger partial charge in [-0.2, -0.15) is 0 Å². The molecule has 0 aliphatic carbocycles. The number of benzene rings is 1. The van der Waals surface area contributed by atoms with Gasteiger partial charge in [0.2, 0.25) is 0 Å². The Labute approximate surface area is 108 Å². The Morgan fingerprint density at radius 3 is 2.59 bits per heavy atom. The van der Waals surface area contributed by atoms with Gasteiger partial charge in [0.25, 0.3) is 0 Å². The van der Waals surface area contributed by atoms with E-state index < -0.39 is 0 Å². The lowest BCUT2D eigenvalue weighted by molar-refractivity contribution is 0.215. The summed E-state index contributed by atoms with van der Waals surface area (Å²) in [5.74, 6) is 0.856. The fourth-order valence-electron chi connectivity index (χ4n) is 1.86. The summed E-state index contributed by atoms with van der Waals surface area (Å²) in [5.41, 5.74) is 3.15. The first-order valence-electron chi connectivity index (χ1n) is 5.63. The van der Waals surface area contributed by atoms with Gasteiger partial charge < -0.3 is 9.84 Å². The summed E-state index contributed by atoms with van der Waals surface area (Å²) in [6, 6.07) is 1.96. The third-order valence-electron chi connectivity index (χ3n) is 2.90. The van der Waals surface area contributed by atoms with Crippen molar-refractivity contribution in [2.75, 3.05) is 27.3 Å². The number of ether oxygens (including phenoxy) is 1. The summed E-state index contributed by atoms with van der Waals surface area (Å²) in [6.45, 7) is 5.47. The molecule has 0 radical (unpaired) electrons. The Bertz CT molecular complexity index is 393. The second-order valence-electron chi connectivity index (χ2n) is 4.27. The summed E-state index contributed by atoms with van der Waals surface area (Å²) in [5, 5.41) is 9.70. The number of aliphatic hydroxyl groups is 1. The van der Waals surface area contributed by atoms with Crippen LogP contribution in [-0.4, -0.2) is 37.3 Å². The molecule has 1 N–H and O–H groups in total. The SMILES string of the molecule is COc1cc(C)c(Cl)c(C)c1CN(C)CCO. The van der Waals surface area contributed by atoms with Gasteiger partial charge in [-0.3, -0.25) is 4.90 Å². The minimum absolute atomic E-state index is 0.150. The largest absolute Gasteiger partial charge is 0.496 e. The van der Waals surface area contributed by atoms with Crippen molar-refractivity contribution in [3.63, 3.8) is 0 Å². The lowest BCUT2D eigenvalue weighted by atomic mass is 10.0. The molecule has 0 aliphatic heterocycles.